The van der Waals surface area contributed by atoms with Crippen molar-refractivity contribution < 1.29 is 14.0 Å². The minimum absolute atomic E-state index is 0.0344. The van der Waals surface area contributed by atoms with Crippen LogP contribution >= 0.6 is 15.9 Å². The molecule has 0 fully saturated rings. The van der Waals surface area contributed by atoms with Crippen LogP contribution in [0.4, 0.5) is 0 Å². The number of hydrogen-bond acceptors (Lipinski definition) is 3. The summed E-state index contributed by atoms with van der Waals surface area (Å²) in [5.74, 6) is -0.740. The van der Waals surface area contributed by atoms with Crippen molar-refractivity contribution in [1.29, 1.82) is 0 Å². The van der Waals surface area contributed by atoms with Crippen LogP contribution in [0, 0.1) is 0 Å². The van der Waals surface area contributed by atoms with E-state index < -0.39 is 11.8 Å². The van der Waals surface area contributed by atoms with Crippen molar-refractivity contribution in [2.24, 2.45) is 5.73 Å². The third kappa shape index (κ3) is 3.58. The molecule has 1 aromatic carbocycles. The summed E-state index contributed by atoms with van der Waals surface area (Å²) in [6.07, 6.45) is 2.83. The molecule has 0 aliphatic heterocycles. The molecule has 0 aliphatic carbocycles. The highest BCUT2D eigenvalue weighted by atomic mass is 79.9. The standard InChI is InChI=1S/C14H11BrN2O3/c15-10-5-3-9(4-6-10)14(19)17-12(13(16)18)8-11-2-1-7-20-11/h1-8H,(H2,16,18)(H,17,19)/b12-8+. The monoisotopic (exact) mass is 334 g/mol. The largest absolute Gasteiger partial charge is 0.465 e. The second kappa shape index (κ2) is 6.21. The van der Waals surface area contributed by atoms with E-state index in [-0.39, 0.29) is 5.70 Å². The molecular weight excluding hydrogens is 324 g/mol. The van der Waals surface area contributed by atoms with Gasteiger partial charge in [0.15, 0.2) is 0 Å². The van der Waals surface area contributed by atoms with E-state index in [1.54, 1.807) is 36.4 Å². The van der Waals surface area contributed by atoms with Gasteiger partial charge in [0, 0.05) is 16.1 Å². The van der Waals surface area contributed by atoms with Gasteiger partial charge in [-0.15, -0.1) is 0 Å². The van der Waals surface area contributed by atoms with E-state index in [0.717, 1.165) is 4.47 Å². The second-order valence-corrected chi connectivity index (χ2v) is 4.81. The van der Waals surface area contributed by atoms with E-state index in [9.17, 15) is 9.59 Å². The Hall–Kier alpha value is -2.34. The number of rotatable bonds is 4. The third-order valence-corrected chi connectivity index (χ3v) is 2.98. The molecule has 2 aromatic rings. The number of benzene rings is 1. The van der Waals surface area contributed by atoms with Gasteiger partial charge in [-0.1, -0.05) is 15.9 Å². The Bertz CT molecular complexity index is 646. The molecule has 1 aromatic heterocycles. The van der Waals surface area contributed by atoms with Gasteiger partial charge in [0.25, 0.3) is 11.8 Å². The first-order valence-electron chi connectivity index (χ1n) is 5.68. The first-order chi connectivity index (χ1) is 9.56. The summed E-state index contributed by atoms with van der Waals surface area (Å²) in [6, 6.07) is 10.0. The summed E-state index contributed by atoms with van der Waals surface area (Å²) in [4.78, 5) is 23.3. The Labute approximate surface area is 123 Å². The van der Waals surface area contributed by atoms with Crippen LogP contribution in [0.25, 0.3) is 6.08 Å². The zero-order valence-electron chi connectivity index (χ0n) is 10.3. The molecule has 3 N–H and O–H groups in total. The molecule has 2 amide bonds. The number of nitrogens with one attached hydrogen (secondary N) is 1. The maximum Gasteiger partial charge on any atom is 0.265 e. The second-order valence-electron chi connectivity index (χ2n) is 3.90. The van der Waals surface area contributed by atoms with Crippen LogP contribution in [0.1, 0.15) is 16.1 Å². The normalized spacial score (nSPS) is 11.2. The van der Waals surface area contributed by atoms with Crippen molar-refractivity contribution in [3.63, 3.8) is 0 Å². The number of nitrogens with two attached hydrogens (primary N) is 1. The predicted octanol–water partition coefficient (Wildman–Crippen LogP) is 2.30. The van der Waals surface area contributed by atoms with Gasteiger partial charge < -0.3 is 15.5 Å². The fraction of sp³-hybridized carbons (Fsp3) is 0. The SMILES string of the molecule is NC(=O)/C(=C\c1ccco1)NC(=O)c1ccc(Br)cc1. The maximum atomic E-state index is 12.0. The Kier molecular flexibility index (Phi) is 4.37. The third-order valence-electron chi connectivity index (χ3n) is 2.45. The minimum Gasteiger partial charge on any atom is -0.465 e. The lowest BCUT2D eigenvalue weighted by Crippen LogP contribution is -2.31. The Balaban J connectivity index is 2.18. The minimum atomic E-state index is -0.744. The van der Waals surface area contributed by atoms with Gasteiger partial charge in [-0.2, -0.15) is 0 Å². The van der Waals surface area contributed by atoms with Crippen molar-refractivity contribution in [3.8, 4) is 0 Å². The van der Waals surface area contributed by atoms with E-state index in [1.807, 2.05) is 0 Å². The molecule has 5 nitrogen and oxygen atoms in total. The van der Waals surface area contributed by atoms with Crippen molar-refractivity contribution in [3.05, 3.63) is 64.2 Å². The number of furan rings is 1. The molecule has 2 rings (SSSR count). The lowest BCUT2D eigenvalue weighted by Gasteiger charge is -2.06. The van der Waals surface area contributed by atoms with E-state index >= 15 is 0 Å². The Morgan fingerprint density at radius 2 is 1.90 bits per heavy atom. The van der Waals surface area contributed by atoms with Crippen LogP contribution < -0.4 is 11.1 Å². The number of amides is 2. The predicted molar refractivity (Wildman–Crippen MR) is 77.5 cm³/mol. The number of primary amides is 1. The fourth-order valence-corrected chi connectivity index (χ4v) is 1.74. The molecule has 0 bridgehead atoms. The Morgan fingerprint density at radius 1 is 1.20 bits per heavy atom. The summed E-state index contributed by atoms with van der Waals surface area (Å²) in [7, 11) is 0. The zero-order chi connectivity index (χ0) is 14.5. The lowest BCUT2D eigenvalue weighted by molar-refractivity contribution is -0.114. The number of hydrogen-bond donors (Lipinski definition) is 2. The van der Waals surface area contributed by atoms with E-state index in [1.165, 1.54) is 12.3 Å². The molecule has 0 radical (unpaired) electrons. The van der Waals surface area contributed by atoms with Gasteiger partial charge in [-0.25, -0.2) is 0 Å². The molecule has 6 heteroatoms. The topological polar surface area (TPSA) is 85.3 Å². The van der Waals surface area contributed by atoms with Crippen LogP contribution in [0.3, 0.4) is 0 Å². The molecule has 0 saturated carbocycles. The average molecular weight is 335 g/mol. The van der Waals surface area contributed by atoms with Gasteiger partial charge in [0.2, 0.25) is 0 Å². The van der Waals surface area contributed by atoms with Gasteiger partial charge in [0.05, 0.1) is 6.26 Å². The smallest absolute Gasteiger partial charge is 0.265 e. The average Bonchev–Trinajstić information content (AvgIpc) is 2.91. The van der Waals surface area contributed by atoms with Crippen molar-refractivity contribution >= 4 is 33.8 Å². The highest BCUT2D eigenvalue weighted by Gasteiger charge is 2.12. The van der Waals surface area contributed by atoms with Crippen LogP contribution in [0.5, 0.6) is 0 Å². The van der Waals surface area contributed by atoms with E-state index in [4.69, 9.17) is 10.2 Å². The molecule has 0 unspecified atom stereocenters. The van der Waals surface area contributed by atoms with Crippen LogP contribution in [0.2, 0.25) is 0 Å². The number of halogens is 1. The van der Waals surface area contributed by atoms with E-state index in [2.05, 4.69) is 21.2 Å². The molecular formula is C14H11BrN2O3. The first-order valence-corrected chi connectivity index (χ1v) is 6.47. The highest BCUT2D eigenvalue weighted by molar-refractivity contribution is 9.10. The van der Waals surface area contributed by atoms with Crippen molar-refractivity contribution in [2.45, 2.75) is 0 Å². The number of carbonyl (C=O) groups excluding carboxylic acids is 2. The summed E-state index contributed by atoms with van der Waals surface area (Å²) in [6.45, 7) is 0. The van der Waals surface area contributed by atoms with Crippen molar-refractivity contribution in [2.75, 3.05) is 0 Å². The van der Waals surface area contributed by atoms with Gasteiger partial charge in [-0.05, 0) is 36.4 Å². The van der Waals surface area contributed by atoms with Crippen molar-refractivity contribution in [1.82, 2.24) is 5.32 Å². The van der Waals surface area contributed by atoms with Gasteiger partial charge in [-0.3, -0.25) is 9.59 Å². The molecule has 0 spiro atoms. The molecule has 0 atom stereocenters. The molecule has 0 aliphatic rings. The van der Waals surface area contributed by atoms with Crippen LogP contribution in [-0.4, -0.2) is 11.8 Å². The molecule has 102 valence electrons. The zero-order valence-corrected chi connectivity index (χ0v) is 11.9. The summed E-state index contributed by atoms with van der Waals surface area (Å²) in [5, 5.41) is 2.46. The summed E-state index contributed by atoms with van der Waals surface area (Å²) >= 11 is 3.28. The quantitative estimate of drug-likeness (QED) is 0.841. The fourth-order valence-electron chi connectivity index (χ4n) is 1.48. The van der Waals surface area contributed by atoms with Gasteiger partial charge in [0.1, 0.15) is 11.5 Å². The maximum absolute atomic E-state index is 12.0. The highest BCUT2D eigenvalue weighted by Crippen LogP contribution is 2.11. The van der Waals surface area contributed by atoms with Crippen LogP contribution in [0.15, 0.2) is 57.2 Å². The summed E-state index contributed by atoms with van der Waals surface area (Å²) < 4.78 is 5.93. The van der Waals surface area contributed by atoms with Crippen LogP contribution in [-0.2, 0) is 4.79 Å². The number of carbonyl (C=O) groups is 2. The van der Waals surface area contributed by atoms with E-state index in [0.29, 0.717) is 11.3 Å². The molecule has 0 saturated heterocycles. The summed E-state index contributed by atoms with van der Waals surface area (Å²) in [5.41, 5.74) is 5.61. The first kappa shape index (κ1) is 14.1. The molecule has 1 heterocycles. The molecule has 20 heavy (non-hydrogen) atoms. The lowest BCUT2D eigenvalue weighted by atomic mass is 10.2. The Morgan fingerprint density at radius 3 is 2.45 bits per heavy atom. The van der Waals surface area contributed by atoms with Gasteiger partial charge >= 0.3 is 0 Å².